The van der Waals surface area contributed by atoms with Crippen LogP contribution < -0.4 is 10.6 Å². The summed E-state index contributed by atoms with van der Waals surface area (Å²) in [5.74, 6) is 0.497. The van der Waals surface area contributed by atoms with Crippen LogP contribution in [0.2, 0.25) is 5.02 Å². The van der Waals surface area contributed by atoms with Gasteiger partial charge in [0.15, 0.2) is 5.82 Å². The predicted molar refractivity (Wildman–Crippen MR) is 114 cm³/mol. The number of aryl methyl sites for hydroxylation is 1. The molecule has 6 heteroatoms. The van der Waals surface area contributed by atoms with Gasteiger partial charge in [-0.15, -0.1) is 0 Å². The van der Waals surface area contributed by atoms with E-state index in [1.165, 1.54) is 0 Å². The van der Waals surface area contributed by atoms with Crippen LogP contribution in [0.25, 0.3) is 10.8 Å². The zero-order valence-electron chi connectivity index (χ0n) is 15.3. The van der Waals surface area contributed by atoms with E-state index >= 15 is 0 Å². The molecule has 2 N–H and O–H groups in total. The first kappa shape index (κ1) is 18.1. The Labute approximate surface area is 167 Å². The van der Waals surface area contributed by atoms with Crippen molar-refractivity contribution in [1.29, 1.82) is 0 Å². The summed E-state index contributed by atoms with van der Waals surface area (Å²) in [7, 11) is 0. The van der Waals surface area contributed by atoms with Crippen LogP contribution in [-0.2, 0) is 6.54 Å². The largest absolute Gasteiger partial charge is 0.324 e. The number of anilines is 2. The maximum atomic E-state index is 12.5. The topological polar surface area (TPSA) is 59.0 Å². The minimum atomic E-state index is -0.330. The number of halogens is 1. The van der Waals surface area contributed by atoms with Crippen molar-refractivity contribution in [1.82, 2.24) is 9.78 Å². The average Bonchev–Trinajstić information content (AvgIpc) is 3.00. The van der Waals surface area contributed by atoms with Crippen LogP contribution >= 0.6 is 11.6 Å². The van der Waals surface area contributed by atoms with E-state index in [0.29, 0.717) is 17.4 Å². The lowest BCUT2D eigenvalue weighted by Gasteiger charge is -2.09. The van der Waals surface area contributed by atoms with E-state index in [1.807, 2.05) is 84.4 Å². The van der Waals surface area contributed by atoms with Gasteiger partial charge in [-0.25, -0.2) is 4.79 Å². The first-order chi connectivity index (χ1) is 13.6. The summed E-state index contributed by atoms with van der Waals surface area (Å²) in [5.41, 5.74) is 2.75. The molecular formula is C22H19ClN4O. The number of carbonyl (C=O) groups is 1. The Morgan fingerprint density at radius 1 is 1.00 bits per heavy atom. The number of carbonyl (C=O) groups excluding carboxylic acids is 1. The van der Waals surface area contributed by atoms with Crippen LogP contribution in [0.4, 0.5) is 16.3 Å². The van der Waals surface area contributed by atoms with E-state index < -0.39 is 0 Å². The summed E-state index contributed by atoms with van der Waals surface area (Å²) in [6.07, 6.45) is 0. The van der Waals surface area contributed by atoms with Gasteiger partial charge in [0, 0.05) is 22.2 Å². The molecule has 0 radical (unpaired) electrons. The predicted octanol–water partition coefficient (Wildman–Crippen LogP) is 5.69. The maximum absolute atomic E-state index is 12.5. The number of rotatable bonds is 4. The minimum absolute atomic E-state index is 0.330. The summed E-state index contributed by atoms with van der Waals surface area (Å²) < 4.78 is 1.83. The highest BCUT2D eigenvalue weighted by molar-refractivity contribution is 6.30. The third-order valence-corrected chi connectivity index (χ3v) is 4.72. The standard InChI is InChI=1S/C22H19ClN4O/c1-15-12-21(26-27(15)14-16-6-4-9-18(23)13-16)25-22(28)24-20-11-5-8-17-7-2-3-10-19(17)20/h2-13H,14H2,1H3,(H2,24,25,26,28). The lowest BCUT2D eigenvalue weighted by Crippen LogP contribution is -2.20. The number of fused-ring (bicyclic) bond motifs is 1. The number of nitrogens with one attached hydrogen (secondary N) is 2. The molecule has 3 aromatic carbocycles. The second-order valence-corrected chi connectivity index (χ2v) is 7.00. The Balaban J connectivity index is 1.47. The fourth-order valence-electron chi connectivity index (χ4n) is 3.14. The van der Waals surface area contributed by atoms with E-state index in [9.17, 15) is 4.79 Å². The van der Waals surface area contributed by atoms with Crippen molar-refractivity contribution in [3.63, 3.8) is 0 Å². The van der Waals surface area contributed by atoms with Gasteiger partial charge in [-0.05, 0) is 36.1 Å². The first-order valence-corrected chi connectivity index (χ1v) is 9.31. The van der Waals surface area contributed by atoms with E-state index in [-0.39, 0.29) is 6.03 Å². The fraction of sp³-hybridized carbons (Fsp3) is 0.0909. The van der Waals surface area contributed by atoms with E-state index in [0.717, 1.165) is 27.7 Å². The van der Waals surface area contributed by atoms with Crippen molar-refractivity contribution < 1.29 is 4.79 Å². The van der Waals surface area contributed by atoms with Crippen molar-refractivity contribution >= 4 is 39.9 Å². The molecule has 4 aromatic rings. The molecule has 1 aromatic heterocycles. The molecule has 28 heavy (non-hydrogen) atoms. The van der Waals surface area contributed by atoms with Crippen molar-refractivity contribution in [3.8, 4) is 0 Å². The number of urea groups is 1. The third-order valence-electron chi connectivity index (χ3n) is 4.48. The molecule has 0 aliphatic carbocycles. The number of hydrogen-bond acceptors (Lipinski definition) is 2. The molecule has 0 aliphatic heterocycles. The van der Waals surface area contributed by atoms with Gasteiger partial charge in [-0.1, -0.05) is 60.1 Å². The first-order valence-electron chi connectivity index (χ1n) is 8.93. The molecular weight excluding hydrogens is 372 g/mol. The summed E-state index contributed by atoms with van der Waals surface area (Å²) >= 11 is 6.05. The van der Waals surface area contributed by atoms with Crippen molar-refractivity contribution in [2.24, 2.45) is 0 Å². The van der Waals surface area contributed by atoms with Crippen LogP contribution in [-0.4, -0.2) is 15.8 Å². The number of amides is 2. The number of benzene rings is 3. The number of nitrogens with zero attached hydrogens (tertiary/aromatic N) is 2. The van der Waals surface area contributed by atoms with Crippen LogP contribution in [0.1, 0.15) is 11.3 Å². The second-order valence-electron chi connectivity index (χ2n) is 6.56. The van der Waals surface area contributed by atoms with Crippen LogP contribution in [0, 0.1) is 6.92 Å². The molecule has 0 fully saturated rings. The van der Waals surface area contributed by atoms with Gasteiger partial charge < -0.3 is 5.32 Å². The molecule has 0 spiro atoms. The summed E-state index contributed by atoms with van der Waals surface area (Å²) in [6, 6.07) is 22.9. The Hall–Kier alpha value is -3.31. The molecule has 0 aliphatic rings. The van der Waals surface area contributed by atoms with Gasteiger partial charge in [0.1, 0.15) is 0 Å². The Kier molecular flexibility index (Phi) is 5.00. The molecule has 140 valence electrons. The summed E-state index contributed by atoms with van der Waals surface area (Å²) in [5, 5.41) is 12.9. The monoisotopic (exact) mass is 390 g/mol. The SMILES string of the molecule is Cc1cc(NC(=O)Nc2cccc3ccccc23)nn1Cc1cccc(Cl)c1. The zero-order chi connectivity index (χ0) is 19.5. The quantitative estimate of drug-likeness (QED) is 0.470. The smallest absolute Gasteiger partial charge is 0.307 e. The lowest BCUT2D eigenvalue weighted by atomic mass is 10.1. The molecule has 0 atom stereocenters. The summed E-state index contributed by atoms with van der Waals surface area (Å²) in [6.45, 7) is 2.53. The number of hydrogen-bond donors (Lipinski definition) is 2. The third kappa shape index (κ3) is 4.00. The van der Waals surface area contributed by atoms with Crippen molar-refractivity contribution in [2.75, 3.05) is 10.6 Å². The Bertz CT molecular complexity index is 1150. The molecule has 0 bridgehead atoms. The number of aromatic nitrogens is 2. The van der Waals surface area contributed by atoms with Gasteiger partial charge in [-0.2, -0.15) is 5.10 Å². The van der Waals surface area contributed by atoms with Gasteiger partial charge in [-0.3, -0.25) is 10.00 Å². The molecule has 0 unspecified atom stereocenters. The second kappa shape index (κ2) is 7.74. The molecule has 2 amide bonds. The maximum Gasteiger partial charge on any atom is 0.324 e. The van der Waals surface area contributed by atoms with Gasteiger partial charge in [0.25, 0.3) is 0 Å². The van der Waals surface area contributed by atoms with Crippen LogP contribution in [0.15, 0.2) is 72.8 Å². The molecule has 5 nitrogen and oxygen atoms in total. The molecule has 1 heterocycles. The lowest BCUT2D eigenvalue weighted by molar-refractivity contribution is 0.262. The highest BCUT2D eigenvalue weighted by atomic mass is 35.5. The summed E-state index contributed by atoms with van der Waals surface area (Å²) in [4.78, 5) is 12.5. The van der Waals surface area contributed by atoms with E-state index in [2.05, 4.69) is 15.7 Å². The zero-order valence-corrected chi connectivity index (χ0v) is 16.1. The molecule has 0 saturated heterocycles. The van der Waals surface area contributed by atoms with Crippen LogP contribution in [0.5, 0.6) is 0 Å². The van der Waals surface area contributed by atoms with Crippen molar-refractivity contribution in [2.45, 2.75) is 13.5 Å². The Morgan fingerprint density at radius 3 is 2.64 bits per heavy atom. The normalized spacial score (nSPS) is 10.8. The van der Waals surface area contributed by atoms with Gasteiger partial charge in [0.2, 0.25) is 0 Å². The highest BCUT2D eigenvalue weighted by Gasteiger charge is 2.10. The average molecular weight is 391 g/mol. The van der Waals surface area contributed by atoms with Gasteiger partial charge in [0.05, 0.1) is 12.2 Å². The fourth-order valence-corrected chi connectivity index (χ4v) is 3.36. The van der Waals surface area contributed by atoms with E-state index in [4.69, 9.17) is 11.6 Å². The Morgan fingerprint density at radius 2 is 1.79 bits per heavy atom. The highest BCUT2D eigenvalue weighted by Crippen LogP contribution is 2.23. The van der Waals surface area contributed by atoms with E-state index in [1.54, 1.807) is 0 Å². The van der Waals surface area contributed by atoms with Crippen molar-refractivity contribution in [3.05, 3.63) is 89.1 Å². The van der Waals surface area contributed by atoms with Crippen LogP contribution in [0.3, 0.4) is 0 Å². The molecule has 0 saturated carbocycles. The van der Waals surface area contributed by atoms with Gasteiger partial charge >= 0.3 is 6.03 Å². The molecule has 4 rings (SSSR count). The minimum Gasteiger partial charge on any atom is -0.307 e.